The van der Waals surface area contributed by atoms with Gasteiger partial charge >= 0.3 is 0 Å². The molecule has 1 fully saturated rings. The first-order chi connectivity index (χ1) is 16.0. The van der Waals surface area contributed by atoms with Gasteiger partial charge in [-0.3, -0.25) is 14.9 Å². The van der Waals surface area contributed by atoms with Crippen LogP contribution in [-0.2, 0) is 7.05 Å². The minimum absolute atomic E-state index is 0.0970. The van der Waals surface area contributed by atoms with Crippen molar-refractivity contribution in [3.63, 3.8) is 0 Å². The fourth-order valence-electron chi connectivity index (χ4n) is 4.36. The van der Waals surface area contributed by atoms with Crippen molar-refractivity contribution in [3.05, 3.63) is 82.4 Å². The van der Waals surface area contributed by atoms with Gasteiger partial charge in [0.2, 0.25) is 0 Å². The van der Waals surface area contributed by atoms with E-state index in [1.807, 2.05) is 60.1 Å². The smallest absolute Gasteiger partial charge is 0.270 e. The third-order valence-corrected chi connectivity index (χ3v) is 6.07. The first-order valence-corrected chi connectivity index (χ1v) is 10.9. The quantitative estimate of drug-likeness (QED) is 0.347. The van der Waals surface area contributed by atoms with Crippen LogP contribution in [0.25, 0.3) is 22.4 Å². The number of carbonyl (C=O) groups is 1. The van der Waals surface area contributed by atoms with Gasteiger partial charge in [0.1, 0.15) is 5.82 Å². The van der Waals surface area contributed by atoms with Crippen LogP contribution in [0.3, 0.4) is 0 Å². The first-order valence-electron chi connectivity index (χ1n) is 10.9. The van der Waals surface area contributed by atoms with Gasteiger partial charge in [-0.05, 0) is 55.3 Å². The molecule has 0 unspecified atom stereocenters. The van der Waals surface area contributed by atoms with Gasteiger partial charge in [0.15, 0.2) is 0 Å². The number of hydrogen-bond donors (Lipinski definition) is 1. The highest BCUT2D eigenvalue weighted by molar-refractivity contribution is 6.08. The van der Waals surface area contributed by atoms with E-state index in [2.05, 4.69) is 10.2 Å². The lowest BCUT2D eigenvalue weighted by atomic mass is 10.1. The summed E-state index contributed by atoms with van der Waals surface area (Å²) in [6.45, 7) is 1.68. The van der Waals surface area contributed by atoms with E-state index in [-0.39, 0.29) is 11.6 Å². The van der Waals surface area contributed by atoms with Crippen molar-refractivity contribution in [2.75, 3.05) is 23.3 Å². The van der Waals surface area contributed by atoms with Gasteiger partial charge in [-0.25, -0.2) is 4.98 Å². The number of hydrogen-bond acceptors (Lipinski definition) is 5. The zero-order chi connectivity index (χ0) is 22.9. The maximum atomic E-state index is 13.1. The van der Waals surface area contributed by atoms with Gasteiger partial charge in [0, 0.05) is 43.5 Å². The third kappa shape index (κ3) is 3.91. The van der Waals surface area contributed by atoms with E-state index in [0.29, 0.717) is 11.3 Å². The second-order valence-electron chi connectivity index (χ2n) is 8.17. The number of nitro benzene ring substituents is 1. The number of para-hydroxylation sites is 2. The normalized spacial score (nSPS) is 13.4. The van der Waals surface area contributed by atoms with Crippen LogP contribution in [0.2, 0.25) is 0 Å². The van der Waals surface area contributed by atoms with Gasteiger partial charge in [0.05, 0.1) is 27.2 Å². The summed E-state index contributed by atoms with van der Waals surface area (Å²) in [6.07, 6.45) is 2.09. The van der Waals surface area contributed by atoms with E-state index in [1.54, 1.807) is 6.07 Å². The molecule has 0 bridgehead atoms. The Hall–Kier alpha value is -4.20. The monoisotopic (exact) mass is 441 g/mol. The number of carbonyl (C=O) groups excluding carboxylic acids is 1. The number of fused-ring (bicyclic) bond motifs is 1. The highest BCUT2D eigenvalue weighted by Crippen LogP contribution is 2.30. The molecule has 0 radical (unpaired) electrons. The summed E-state index contributed by atoms with van der Waals surface area (Å²) >= 11 is 0. The maximum absolute atomic E-state index is 13.1. The fourth-order valence-corrected chi connectivity index (χ4v) is 4.36. The van der Waals surface area contributed by atoms with Crippen molar-refractivity contribution >= 4 is 34.0 Å². The van der Waals surface area contributed by atoms with Crippen LogP contribution in [0.4, 0.5) is 17.1 Å². The summed E-state index contributed by atoms with van der Waals surface area (Å²) < 4.78 is 2.04. The van der Waals surface area contributed by atoms with Gasteiger partial charge in [-0.1, -0.05) is 12.1 Å². The van der Waals surface area contributed by atoms with E-state index in [1.165, 1.54) is 12.1 Å². The largest absolute Gasteiger partial charge is 0.371 e. The molecule has 1 aliphatic rings. The summed E-state index contributed by atoms with van der Waals surface area (Å²) in [5.41, 5.74) is 4.46. The number of nitrogens with one attached hydrogen (secondary N) is 1. The lowest BCUT2D eigenvalue weighted by Crippen LogP contribution is -2.23. The average molecular weight is 441 g/mol. The number of nitro groups is 1. The van der Waals surface area contributed by atoms with Crippen molar-refractivity contribution < 1.29 is 9.72 Å². The van der Waals surface area contributed by atoms with Gasteiger partial charge in [-0.2, -0.15) is 0 Å². The number of aromatic nitrogens is 2. The fraction of sp³-hybridized carbons (Fsp3) is 0.200. The second-order valence-corrected chi connectivity index (χ2v) is 8.17. The Morgan fingerprint density at radius 1 is 1.03 bits per heavy atom. The molecule has 1 amide bonds. The Balaban J connectivity index is 1.41. The summed E-state index contributed by atoms with van der Waals surface area (Å²) in [5.74, 6) is 0.472. The van der Waals surface area contributed by atoms with Crippen LogP contribution >= 0.6 is 0 Å². The minimum atomic E-state index is -0.476. The molecule has 0 saturated carbocycles. The number of benzene rings is 3. The number of imidazole rings is 1. The van der Waals surface area contributed by atoms with Crippen LogP contribution in [0.5, 0.6) is 0 Å². The molecule has 8 nitrogen and oxygen atoms in total. The Bertz CT molecular complexity index is 1350. The van der Waals surface area contributed by atoms with Crippen LogP contribution in [0.1, 0.15) is 23.2 Å². The van der Waals surface area contributed by atoms with E-state index in [4.69, 9.17) is 4.98 Å². The second kappa shape index (κ2) is 8.38. The van der Waals surface area contributed by atoms with E-state index in [9.17, 15) is 14.9 Å². The van der Waals surface area contributed by atoms with Gasteiger partial charge < -0.3 is 14.8 Å². The van der Waals surface area contributed by atoms with Crippen molar-refractivity contribution in [2.24, 2.45) is 7.05 Å². The summed E-state index contributed by atoms with van der Waals surface area (Å²) in [6, 6.07) is 19.9. The standard InChI is InChI=1S/C25H23N5O3/c1-28-23-7-3-2-6-21(23)27-24(28)17-8-10-18(11-9-17)26-25(31)20-16-19(30(32)33)12-13-22(20)29-14-4-5-15-29/h2-3,6-13,16H,4-5,14-15H2,1H3,(H,26,31). The number of nitrogens with zero attached hydrogens (tertiary/aromatic N) is 4. The SMILES string of the molecule is Cn1c(-c2ccc(NC(=O)c3cc([N+](=O)[O-])ccc3N3CCCC3)cc2)nc2ccccc21. The molecule has 3 aromatic carbocycles. The van der Waals surface area contributed by atoms with Crippen LogP contribution < -0.4 is 10.2 Å². The van der Waals surface area contributed by atoms with Gasteiger partial charge in [0.25, 0.3) is 11.6 Å². The molecule has 0 spiro atoms. The Labute approximate surface area is 190 Å². The van der Waals surface area contributed by atoms with Gasteiger partial charge in [-0.15, -0.1) is 0 Å². The highest BCUT2D eigenvalue weighted by Gasteiger charge is 2.22. The predicted molar refractivity (Wildman–Crippen MR) is 129 cm³/mol. The van der Waals surface area contributed by atoms with Crippen molar-refractivity contribution in [2.45, 2.75) is 12.8 Å². The lowest BCUT2D eigenvalue weighted by molar-refractivity contribution is -0.384. The number of anilines is 2. The molecule has 1 aliphatic heterocycles. The number of rotatable bonds is 5. The first kappa shape index (κ1) is 20.7. The van der Waals surface area contributed by atoms with E-state index >= 15 is 0 Å². The van der Waals surface area contributed by atoms with Crippen LogP contribution in [-0.4, -0.2) is 33.5 Å². The summed E-state index contributed by atoms with van der Waals surface area (Å²) in [7, 11) is 1.97. The van der Waals surface area contributed by atoms with Crippen molar-refractivity contribution in [3.8, 4) is 11.4 Å². The Morgan fingerprint density at radius 3 is 2.45 bits per heavy atom. The number of non-ortho nitro benzene ring substituents is 1. The Kier molecular flexibility index (Phi) is 5.26. The summed E-state index contributed by atoms with van der Waals surface area (Å²) in [4.78, 5) is 30.7. The number of aryl methyl sites for hydroxylation is 1. The molecule has 0 atom stereocenters. The molecule has 33 heavy (non-hydrogen) atoms. The molecule has 1 N–H and O–H groups in total. The maximum Gasteiger partial charge on any atom is 0.270 e. The predicted octanol–water partition coefficient (Wildman–Crippen LogP) is 5.00. The topological polar surface area (TPSA) is 93.3 Å². The molecule has 5 rings (SSSR count). The van der Waals surface area contributed by atoms with Crippen molar-refractivity contribution in [1.82, 2.24) is 9.55 Å². The zero-order valence-corrected chi connectivity index (χ0v) is 18.2. The van der Waals surface area contributed by atoms with Crippen LogP contribution in [0, 0.1) is 10.1 Å². The molecular weight excluding hydrogens is 418 g/mol. The Morgan fingerprint density at radius 2 is 1.76 bits per heavy atom. The van der Waals surface area contributed by atoms with Crippen LogP contribution in [0.15, 0.2) is 66.7 Å². The van der Waals surface area contributed by atoms with E-state index < -0.39 is 4.92 Å². The number of amides is 1. The molecule has 4 aromatic rings. The molecule has 0 aliphatic carbocycles. The minimum Gasteiger partial charge on any atom is -0.371 e. The molecule has 1 aromatic heterocycles. The average Bonchev–Trinajstić information content (AvgIpc) is 3.48. The molecule has 1 saturated heterocycles. The lowest BCUT2D eigenvalue weighted by Gasteiger charge is -2.21. The van der Waals surface area contributed by atoms with E-state index in [0.717, 1.165) is 54.0 Å². The molecular formula is C25H23N5O3. The molecule has 2 heterocycles. The summed E-state index contributed by atoms with van der Waals surface area (Å²) in [5, 5.41) is 14.2. The molecule has 8 heteroatoms. The highest BCUT2D eigenvalue weighted by atomic mass is 16.6. The third-order valence-electron chi connectivity index (χ3n) is 6.07. The molecule has 166 valence electrons. The van der Waals surface area contributed by atoms with Crippen molar-refractivity contribution in [1.29, 1.82) is 0 Å². The zero-order valence-electron chi connectivity index (χ0n) is 18.2.